The van der Waals surface area contributed by atoms with Crippen molar-refractivity contribution in [3.05, 3.63) is 11.4 Å². The van der Waals surface area contributed by atoms with Crippen molar-refractivity contribution in [2.75, 3.05) is 6.54 Å². The second-order valence-electron chi connectivity index (χ2n) is 4.21. The molecular formula is C13H23NO2. The summed E-state index contributed by atoms with van der Waals surface area (Å²) in [5.74, 6) is -0.681. The Bertz CT molecular complexity index is 208. The Balaban J connectivity index is 2.94. The molecule has 0 spiro atoms. The Morgan fingerprint density at radius 1 is 0.875 bits per heavy atom. The van der Waals surface area contributed by atoms with Gasteiger partial charge in [-0.3, -0.25) is 4.79 Å². The van der Waals surface area contributed by atoms with Crippen LogP contribution >= 0.6 is 0 Å². The van der Waals surface area contributed by atoms with E-state index in [2.05, 4.69) is 4.85 Å². The van der Waals surface area contributed by atoms with E-state index in [-0.39, 0.29) is 0 Å². The lowest BCUT2D eigenvalue weighted by molar-refractivity contribution is -0.137. The topological polar surface area (TPSA) is 41.7 Å². The molecule has 0 radical (unpaired) electrons. The first kappa shape index (κ1) is 15.0. The number of carboxylic acids is 1. The number of nitrogens with zero attached hydrogens (tertiary/aromatic N) is 1. The molecule has 0 unspecified atom stereocenters. The Hall–Kier alpha value is -1.04. The molecule has 0 bridgehead atoms. The number of hydrogen-bond acceptors (Lipinski definition) is 1. The van der Waals surface area contributed by atoms with Crippen LogP contribution in [0.3, 0.4) is 0 Å². The van der Waals surface area contributed by atoms with Crippen molar-refractivity contribution in [2.24, 2.45) is 0 Å². The van der Waals surface area contributed by atoms with E-state index in [0.717, 1.165) is 25.7 Å². The van der Waals surface area contributed by atoms with Crippen LogP contribution in [-0.2, 0) is 4.79 Å². The summed E-state index contributed by atoms with van der Waals surface area (Å²) < 4.78 is 0. The van der Waals surface area contributed by atoms with Gasteiger partial charge in [0.15, 0.2) is 0 Å². The lowest BCUT2D eigenvalue weighted by Gasteiger charge is -2.00. The summed E-state index contributed by atoms with van der Waals surface area (Å²) in [5, 5.41) is 8.44. The molecule has 0 amide bonds. The monoisotopic (exact) mass is 225 g/mol. The van der Waals surface area contributed by atoms with Crippen LogP contribution in [-0.4, -0.2) is 17.6 Å². The lowest BCUT2D eigenvalue weighted by atomic mass is 10.1. The first-order valence-electron chi connectivity index (χ1n) is 6.32. The fraction of sp³-hybridized carbons (Fsp3) is 0.846. The van der Waals surface area contributed by atoms with Gasteiger partial charge < -0.3 is 9.95 Å². The molecule has 1 N–H and O–H groups in total. The van der Waals surface area contributed by atoms with Crippen LogP contribution < -0.4 is 0 Å². The summed E-state index contributed by atoms with van der Waals surface area (Å²) in [6, 6.07) is 0. The van der Waals surface area contributed by atoms with Gasteiger partial charge in [-0.15, -0.1) is 0 Å². The van der Waals surface area contributed by atoms with Crippen molar-refractivity contribution < 1.29 is 9.90 Å². The third kappa shape index (κ3) is 13.0. The predicted molar refractivity (Wildman–Crippen MR) is 65.3 cm³/mol. The largest absolute Gasteiger partial charge is 0.481 e. The van der Waals surface area contributed by atoms with Crippen molar-refractivity contribution in [3.63, 3.8) is 0 Å². The second-order valence-corrected chi connectivity index (χ2v) is 4.21. The minimum absolute atomic E-state index is 0.316. The smallest absolute Gasteiger partial charge is 0.303 e. The molecule has 3 nitrogen and oxygen atoms in total. The summed E-state index contributed by atoms with van der Waals surface area (Å²) >= 11 is 0. The molecule has 0 heterocycles. The molecule has 0 saturated heterocycles. The van der Waals surface area contributed by atoms with Crippen molar-refractivity contribution in [2.45, 2.75) is 64.2 Å². The van der Waals surface area contributed by atoms with Crippen molar-refractivity contribution >= 4 is 5.97 Å². The zero-order valence-corrected chi connectivity index (χ0v) is 10.1. The molecule has 0 fully saturated rings. The van der Waals surface area contributed by atoms with E-state index in [4.69, 9.17) is 11.7 Å². The Morgan fingerprint density at radius 3 is 1.75 bits per heavy atom. The summed E-state index contributed by atoms with van der Waals surface area (Å²) in [4.78, 5) is 13.6. The molecule has 0 rings (SSSR count). The van der Waals surface area contributed by atoms with E-state index >= 15 is 0 Å². The van der Waals surface area contributed by atoms with E-state index in [1.807, 2.05) is 0 Å². The van der Waals surface area contributed by atoms with Gasteiger partial charge in [-0.05, 0) is 12.8 Å². The molecule has 0 aromatic rings. The highest BCUT2D eigenvalue weighted by atomic mass is 16.4. The fourth-order valence-electron chi connectivity index (χ4n) is 1.70. The van der Waals surface area contributed by atoms with Crippen LogP contribution in [0.4, 0.5) is 0 Å². The zero-order chi connectivity index (χ0) is 12.1. The minimum atomic E-state index is -0.681. The normalized spacial score (nSPS) is 9.94. The average Bonchev–Trinajstić information content (AvgIpc) is 2.25. The lowest BCUT2D eigenvalue weighted by Crippen LogP contribution is -1.93. The highest BCUT2D eigenvalue weighted by molar-refractivity contribution is 5.66. The van der Waals surface area contributed by atoms with Gasteiger partial charge in [0.25, 0.3) is 0 Å². The van der Waals surface area contributed by atoms with E-state index in [0.29, 0.717) is 13.0 Å². The number of aliphatic carboxylic acids is 1. The van der Waals surface area contributed by atoms with E-state index in [1.54, 1.807) is 0 Å². The number of rotatable bonds is 11. The van der Waals surface area contributed by atoms with Crippen LogP contribution in [0, 0.1) is 6.57 Å². The van der Waals surface area contributed by atoms with E-state index < -0.39 is 5.97 Å². The molecule has 0 aliphatic carbocycles. The molecule has 3 heteroatoms. The molecule has 0 atom stereocenters. The average molecular weight is 225 g/mol. The predicted octanol–water partition coefficient (Wildman–Crippen LogP) is 3.89. The second kappa shape index (κ2) is 12.0. The SMILES string of the molecule is [C-]#[N+]CCCCCCCCCCCC(=O)O. The Morgan fingerprint density at radius 2 is 1.31 bits per heavy atom. The summed E-state index contributed by atoms with van der Waals surface area (Å²) in [6.45, 7) is 7.30. The van der Waals surface area contributed by atoms with Crippen LogP contribution in [0.25, 0.3) is 4.85 Å². The highest BCUT2D eigenvalue weighted by Gasteiger charge is 1.96. The van der Waals surface area contributed by atoms with Crippen molar-refractivity contribution in [3.8, 4) is 0 Å². The number of unbranched alkanes of at least 4 members (excludes halogenated alkanes) is 8. The van der Waals surface area contributed by atoms with Crippen LogP contribution in [0.5, 0.6) is 0 Å². The van der Waals surface area contributed by atoms with Gasteiger partial charge in [0.2, 0.25) is 6.54 Å². The molecule has 0 saturated carbocycles. The quantitative estimate of drug-likeness (QED) is 0.428. The molecule has 92 valence electrons. The molecule has 0 aliphatic heterocycles. The van der Waals surface area contributed by atoms with Gasteiger partial charge in [-0.1, -0.05) is 38.5 Å². The standard InChI is InChI=1S/C13H23NO2/c1-14-12-10-8-6-4-2-3-5-7-9-11-13(15)16/h2-12H2,(H,15,16). The van der Waals surface area contributed by atoms with Gasteiger partial charge in [0.05, 0.1) is 0 Å². The first-order chi connectivity index (χ1) is 7.77. The fourth-order valence-corrected chi connectivity index (χ4v) is 1.70. The zero-order valence-electron chi connectivity index (χ0n) is 10.1. The Kier molecular flexibility index (Phi) is 11.2. The van der Waals surface area contributed by atoms with E-state index in [9.17, 15) is 4.79 Å². The number of carboxylic acid groups (broad SMARTS) is 1. The minimum Gasteiger partial charge on any atom is -0.481 e. The third-order valence-electron chi connectivity index (χ3n) is 2.66. The maximum atomic E-state index is 10.2. The molecule has 16 heavy (non-hydrogen) atoms. The van der Waals surface area contributed by atoms with Crippen molar-refractivity contribution in [1.29, 1.82) is 0 Å². The maximum absolute atomic E-state index is 10.2. The van der Waals surface area contributed by atoms with Crippen molar-refractivity contribution in [1.82, 2.24) is 0 Å². The number of hydrogen-bond donors (Lipinski definition) is 1. The van der Waals surface area contributed by atoms with Gasteiger partial charge in [0.1, 0.15) is 0 Å². The van der Waals surface area contributed by atoms with Crippen LogP contribution in [0.1, 0.15) is 64.2 Å². The van der Waals surface area contributed by atoms with Gasteiger partial charge in [-0.2, -0.15) is 0 Å². The summed E-state index contributed by atoms with van der Waals surface area (Å²) in [7, 11) is 0. The molecular weight excluding hydrogens is 202 g/mol. The Labute approximate surface area is 98.7 Å². The van der Waals surface area contributed by atoms with Gasteiger partial charge in [0, 0.05) is 12.8 Å². The third-order valence-corrected chi connectivity index (χ3v) is 2.66. The molecule has 0 aliphatic rings. The van der Waals surface area contributed by atoms with E-state index in [1.165, 1.54) is 32.1 Å². The van der Waals surface area contributed by atoms with Gasteiger partial charge >= 0.3 is 5.97 Å². The highest BCUT2D eigenvalue weighted by Crippen LogP contribution is 2.10. The van der Waals surface area contributed by atoms with Crippen LogP contribution in [0.15, 0.2) is 0 Å². The summed E-state index contributed by atoms with van der Waals surface area (Å²) in [6.07, 6.45) is 10.6. The summed E-state index contributed by atoms with van der Waals surface area (Å²) in [5.41, 5.74) is 0. The first-order valence-corrected chi connectivity index (χ1v) is 6.32. The van der Waals surface area contributed by atoms with Gasteiger partial charge in [-0.25, -0.2) is 6.57 Å². The number of carbonyl (C=O) groups is 1. The molecule has 0 aromatic heterocycles. The molecule has 0 aromatic carbocycles. The maximum Gasteiger partial charge on any atom is 0.303 e. The van der Waals surface area contributed by atoms with Crippen LogP contribution in [0.2, 0.25) is 0 Å².